The first-order chi connectivity index (χ1) is 13.7. The predicted molar refractivity (Wildman–Crippen MR) is 110 cm³/mol. The van der Waals surface area contributed by atoms with E-state index in [0.717, 1.165) is 30.0 Å². The Morgan fingerprint density at radius 1 is 0.964 bits per heavy atom. The number of anilines is 2. The number of nitrogens with zero attached hydrogens (tertiary/aromatic N) is 1. The first-order valence-electron chi connectivity index (χ1n) is 8.97. The van der Waals surface area contributed by atoms with Crippen LogP contribution in [-0.2, 0) is 6.42 Å². The largest absolute Gasteiger partial charge is 0.497 e. The summed E-state index contributed by atoms with van der Waals surface area (Å²) >= 11 is 0. The summed E-state index contributed by atoms with van der Waals surface area (Å²) in [5.74, 6) is 1.88. The zero-order valence-corrected chi connectivity index (χ0v) is 15.9. The fraction of sp³-hybridized carbons (Fsp3) is 0.182. The molecule has 3 aromatic rings. The molecular formula is C22H23N3O3. The molecule has 0 atom stereocenters. The normalized spacial score (nSPS) is 10.2. The van der Waals surface area contributed by atoms with Gasteiger partial charge in [0.2, 0.25) is 0 Å². The molecule has 0 spiro atoms. The van der Waals surface area contributed by atoms with E-state index in [2.05, 4.69) is 21.7 Å². The van der Waals surface area contributed by atoms with Gasteiger partial charge in [0.15, 0.2) is 0 Å². The fourth-order valence-corrected chi connectivity index (χ4v) is 2.75. The van der Waals surface area contributed by atoms with Gasteiger partial charge < -0.3 is 20.1 Å². The second-order valence-corrected chi connectivity index (χ2v) is 6.10. The Bertz CT molecular complexity index is 909. The van der Waals surface area contributed by atoms with Crippen LogP contribution in [-0.4, -0.2) is 31.7 Å². The summed E-state index contributed by atoms with van der Waals surface area (Å²) in [7, 11) is 3.26. The topological polar surface area (TPSA) is 72.5 Å². The lowest BCUT2D eigenvalue weighted by molar-refractivity contribution is 0.102. The molecule has 0 aliphatic carbocycles. The maximum atomic E-state index is 12.3. The van der Waals surface area contributed by atoms with E-state index in [4.69, 9.17) is 9.47 Å². The lowest BCUT2D eigenvalue weighted by Crippen LogP contribution is -2.13. The Morgan fingerprint density at radius 2 is 1.75 bits per heavy atom. The van der Waals surface area contributed by atoms with Crippen molar-refractivity contribution in [3.63, 3.8) is 0 Å². The Labute approximate surface area is 164 Å². The number of pyridine rings is 1. The van der Waals surface area contributed by atoms with Gasteiger partial charge in [-0.25, -0.2) is 4.98 Å². The standard InChI is InChI=1S/C22H23N3O3/c1-27-19-10-7-17(8-11-19)22(26)25-21-12-9-18(15-24-21)23-14-13-16-5-3-4-6-20(16)28-2/h3-12,15,23H,13-14H2,1-2H3,(H,24,25,26). The Balaban J connectivity index is 1.52. The Hall–Kier alpha value is -3.54. The Morgan fingerprint density at radius 3 is 2.43 bits per heavy atom. The summed E-state index contributed by atoms with van der Waals surface area (Å²) in [6, 6.07) is 18.5. The molecule has 1 heterocycles. The van der Waals surface area contributed by atoms with Crippen LogP contribution in [0.5, 0.6) is 11.5 Å². The highest BCUT2D eigenvalue weighted by Gasteiger charge is 2.07. The minimum absolute atomic E-state index is 0.216. The summed E-state index contributed by atoms with van der Waals surface area (Å²) in [5, 5.41) is 6.11. The van der Waals surface area contributed by atoms with Gasteiger partial charge in [-0.1, -0.05) is 18.2 Å². The van der Waals surface area contributed by atoms with Crippen molar-refractivity contribution in [3.8, 4) is 11.5 Å². The number of nitrogens with one attached hydrogen (secondary N) is 2. The highest BCUT2D eigenvalue weighted by molar-refractivity contribution is 6.03. The second-order valence-electron chi connectivity index (χ2n) is 6.10. The first-order valence-corrected chi connectivity index (χ1v) is 8.97. The number of hydrogen-bond donors (Lipinski definition) is 2. The van der Waals surface area contributed by atoms with Crippen molar-refractivity contribution >= 4 is 17.4 Å². The zero-order valence-electron chi connectivity index (χ0n) is 15.9. The van der Waals surface area contributed by atoms with Crippen LogP contribution in [0.1, 0.15) is 15.9 Å². The van der Waals surface area contributed by atoms with Crippen LogP contribution in [0.25, 0.3) is 0 Å². The van der Waals surface area contributed by atoms with Gasteiger partial charge in [0, 0.05) is 12.1 Å². The number of carbonyl (C=O) groups is 1. The van der Waals surface area contributed by atoms with Crippen LogP contribution in [0, 0.1) is 0 Å². The lowest BCUT2D eigenvalue weighted by Gasteiger charge is -2.10. The van der Waals surface area contributed by atoms with Gasteiger partial charge in [0.25, 0.3) is 5.91 Å². The third-order valence-corrected chi connectivity index (χ3v) is 4.27. The van der Waals surface area contributed by atoms with Crippen LogP contribution in [0.15, 0.2) is 66.9 Å². The van der Waals surface area contributed by atoms with Crippen LogP contribution < -0.4 is 20.1 Å². The van der Waals surface area contributed by atoms with Crippen molar-refractivity contribution in [2.45, 2.75) is 6.42 Å². The molecular weight excluding hydrogens is 354 g/mol. The fourth-order valence-electron chi connectivity index (χ4n) is 2.75. The van der Waals surface area contributed by atoms with E-state index in [-0.39, 0.29) is 5.91 Å². The summed E-state index contributed by atoms with van der Waals surface area (Å²) < 4.78 is 10.5. The third kappa shape index (κ3) is 5.01. The summed E-state index contributed by atoms with van der Waals surface area (Å²) in [6.45, 7) is 0.750. The van der Waals surface area contributed by atoms with Gasteiger partial charge in [-0.15, -0.1) is 0 Å². The third-order valence-electron chi connectivity index (χ3n) is 4.27. The number of rotatable bonds is 8. The van der Waals surface area contributed by atoms with Crippen LogP contribution in [0.2, 0.25) is 0 Å². The highest BCUT2D eigenvalue weighted by Crippen LogP contribution is 2.18. The minimum atomic E-state index is -0.216. The van der Waals surface area contributed by atoms with Crippen molar-refractivity contribution in [1.82, 2.24) is 4.98 Å². The molecule has 6 nitrogen and oxygen atoms in total. The molecule has 0 aliphatic rings. The average Bonchev–Trinajstić information content (AvgIpc) is 2.75. The number of hydrogen-bond acceptors (Lipinski definition) is 5. The van der Waals surface area contributed by atoms with Gasteiger partial charge in [-0.3, -0.25) is 4.79 Å². The van der Waals surface area contributed by atoms with Crippen molar-refractivity contribution in [2.24, 2.45) is 0 Å². The van der Waals surface area contributed by atoms with Gasteiger partial charge in [-0.2, -0.15) is 0 Å². The second kappa shape index (κ2) is 9.41. The first kappa shape index (κ1) is 19.2. The van der Waals surface area contributed by atoms with Gasteiger partial charge in [0.1, 0.15) is 17.3 Å². The van der Waals surface area contributed by atoms with Crippen LogP contribution in [0.4, 0.5) is 11.5 Å². The molecule has 1 amide bonds. The number of methoxy groups -OCH3 is 2. The van der Waals surface area contributed by atoms with E-state index in [1.54, 1.807) is 50.7 Å². The number of benzene rings is 2. The molecule has 28 heavy (non-hydrogen) atoms. The number of amides is 1. The molecule has 0 bridgehead atoms. The summed E-state index contributed by atoms with van der Waals surface area (Å²) in [6.07, 6.45) is 2.53. The number of ether oxygens (including phenoxy) is 2. The molecule has 0 fully saturated rings. The van der Waals surface area contributed by atoms with Crippen molar-refractivity contribution < 1.29 is 14.3 Å². The molecule has 2 N–H and O–H groups in total. The Kier molecular flexibility index (Phi) is 6.46. The van der Waals surface area contributed by atoms with Crippen LogP contribution >= 0.6 is 0 Å². The number of carbonyl (C=O) groups excluding carboxylic acids is 1. The summed E-state index contributed by atoms with van der Waals surface area (Å²) in [5.41, 5.74) is 2.58. The van der Waals surface area contributed by atoms with Crippen molar-refractivity contribution in [3.05, 3.63) is 78.0 Å². The molecule has 1 aromatic heterocycles. The van der Waals surface area contributed by atoms with E-state index in [1.165, 1.54) is 0 Å². The van der Waals surface area contributed by atoms with Gasteiger partial charge in [-0.05, 0) is 54.4 Å². The molecule has 2 aromatic carbocycles. The summed E-state index contributed by atoms with van der Waals surface area (Å²) in [4.78, 5) is 16.6. The molecule has 0 aliphatic heterocycles. The molecule has 6 heteroatoms. The van der Waals surface area contributed by atoms with E-state index in [1.807, 2.05) is 24.3 Å². The molecule has 0 radical (unpaired) electrons. The number of para-hydroxylation sites is 1. The van der Waals surface area contributed by atoms with Crippen LogP contribution in [0.3, 0.4) is 0 Å². The molecule has 0 saturated carbocycles. The minimum Gasteiger partial charge on any atom is -0.497 e. The molecule has 144 valence electrons. The zero-order chi connectivity index (χ0) is 19.8. The lowest BCUT2D eigenvalue weighted by atomic mass is 10.1. The number of aromatic nitrogens is 1. The quantitative estimate of drug-likeness (QED) is 0.621. The van der Waals surface area contributed by atoms with E-state index in [9.17, 15) is 4.79 Å². The van der Waals surface area contributed by atoms with Crippen molar-refractivity contribution in [2.75, 3.05) is 31.4 Å². The monoisotopic (exact) mass is 377 g/mol. The maximum Gasteiger partial charge on any atom is 0.256 e. The molecule has 0 saturated heterocycles. The average molecular weight is 377 g/mol. The van der Waals surface area contributed by atoms with E-state index in [0.29, 0.717) is 17.1 Å². The SMILES string of the molecule is COc1ccc(C(=O)Nc2ccc(NCCc3ccccc3OC)cn2)cc1. The van der Waals surface area contributed by atoms with Crippen molar-refractivity contribution in [1.29, 1.82) is 0 Å². The van der Waals surface area contributed by atoms with Gasteiger partial charge in [0.05, 0.1) is 26.1 Å². The van der Waals surface area contributed by atoms with E-state index < -0.39 is 0 Å². The smallest absolute Gasteiger partial charge is 0.256 e. The van der Waals surface area contributed by atoms with Gasteiger partial charge >= 0.3 is 0 Å². The molecule has 3 rings (SSSR count). The van der Waals surface area contributed by atoms with E-state index >= 15 is 0 Å². The highest BCUT2D eigenvalue weighted by atomic mass is 16.5. The molecule has 0 unspecified atom stereocenters. The maximum absolute atomic E-state index is 12.3. The predicted octanol–water partition coefficient (Wildman–Crippen LogP) is 4.01.